The molecule has 0 saturated heterocycles. The average molecular weight is 591 g/mol. The molecule has 0 spiro atoms. The Morgan fingerprint density at radius 1 is 1.00 bits per heavy atom. The van der Waals surface area contributed by atoms with Gasteiger partial charge in [0.25, 0.3) is 0 Å². The number of carboxylic acid groups (broad SMARTS) is 1. The standard InChI is InChI=1S/C30H18Cl3N3O4/c31-22-2-1-3-23(32)26(22)28-21(29(40-36-28)18-6-7-18)15-39-19-9-8-17(24(33)14-19)5-4-16-12-20(30(37)38)27-25(13-16)34-10-11-35-27/h1-3,8-14,18H,6-7,15H2,(H,37,38). The lowest BCUT2D eigenvalue weighted by atomic mass is 10.0. The maximum absolute atomic E-state index is 11.7. The van der Waals surface area contributed by atoms with Crippen LogP contribution in [0.1, 0.15) is 51.6 Å². The number of aromatic nitrogens is 3. The predicted molar refractivity (Wildman–Crippen MR) is 152 cm³/mol. The molecule has 0 unspecified atom stereocenters. The van der Waals surface area contributed by atoms with Crippen LogP contribution in [0.3, 0.4) is 0 Å². The summed E-state index contributed by atoms with van der Waals surface area (Å²) in [5.74, 6) is 6.47. The molecular formula is C30H18Cl3N3O4. The number of nitrogens with zero attached hydrogens (tertiary/aromatic N) is 3. The molecule has 0 bridgehead atoms. The summed E-state index contributed by atoms with van der Waals surface area (Å²) in [5.41, 5.74) is 3.77. The van der Waals surface area contributed by atoms with Crippen LogP contribution in [0.15, 0.2) is 65.4 Å². The lowest BCUT2D eigenvalue weighted by Gasteiger charge is -2.10. The third kappa shape index (κ3) is 5.22. The molecule has 1 aliphatic rings. The molecule has 3 aromatic carbocycles. The van der Waals surface area contributed by atoms with Crippen LogP contribution < -0.4 is 4.74 Å². The Balaban J connectivity index is 1.25. The quantitative estimate of drug-likeness (QED) is 0.201. The molecule has 6 rings (SSSR count). The van der Waals surface area contributed by atoms with Gasteiger partial charge >= 0.3 is 5.97 Å². The number of aromatic carboxylic acids is 1. The molecule has 0 amide bonds. The van der Waals surface area contributed by atoms with Gasteiger partial charge in [0.05, 0.1) is 31.7 Å². The summed E-state index contributed by atoms with van der Waals surface area (Å²) in [4.78, 5) is 20.0. The van der Waals surface area contributed by atoms with Crippen LogP contribution in [0.5, 0.6) is 5.75 Å². The minimum absolute atomic E-state index is 0.0292. The SMILES string of the molecule is O=C(O)c1cc(C#Cc2ccc(OCc3c(-c4c(Cl)cccc4Cl)noc3C3CC3)cc2Cl)cc2nccnc12. The Bertz CT molecular complexity index is 1830. The third-order valence-electron chi connectivity index (χ3n) is 6.44. The molecule has 198 valence electrons. The predicted octanol–water partition coefficient (Wildman–Crippen LogP) is 7.80. The van der Waals surface area contributed by atoms with E-state index in [2.05, 4.69) is 27.0 Å². The van der Waals surface area contributed by atoms with E-state index in [9.17, 15) is 9.90 Å². The highest BCUT2D eigenvalue weighted by atomic mass is 35.5. The minimum atomic E-state index is -1.11. The van der Waals surface area contributed by atoms with Gasteiger partial charge in [0.2, 0.25) is 0 Å². The molecule has 5 aromatic rings. The monoisotopic (exact) mass is 589 g/mol. The topological polar surface area (TPSA) is 98.3 Å². The highest BCUT2D eigenvalue weighted by molar-refractivity contribution is 6.39. The number of hydrogen-bond acceptors (Lipinski definition) is 6. The van der Waals surface area contributed by atoms with Gasteiger partial charge in [-0.3, -0.25) is 9.97 Å². The minimum Gasteiger partial charge on any atom is -0.489 e. The second-order valence-electron chi connectivity index (χ2n) is 9.18. The first-order chi connectivity index (χ1) is 19.4. The van der Waals surface area contributed by atoms with Gasteiger partial charge in [0.15, 0.2) is 0 Å². The third-order valence-corrected chi connectivity index (χ3v) is 7.38. The van der Waals surface area contributed by atoms with Crippen LogP contribution in [0.4, 0.5) is 0 Å². The van der Waals surface area contributed by atoms with E-state index in [0.29, 0.717) is 60.2 Å². The first-order valence-electron chi connectivity index (χ1n) is 12.2. The number of fused-ring (bicyclic) bond motifs is 1. The van der Waals surface area contributed by atoms with Crippen molar-refractivity contribution in [3.8, 4) is 28.8 Å². The van der Waals surface area contributed by atoms with Crippen molar-refractivity contribution >= 4 is 51.8 Å². The maximum Gasteiger partial charge on any atom is 0.338 e. The van der Waals surface area contributed by atoms with Crippen LogP contribution in [-0.4, -0.2) is 26.2 Å². The molecule has 0 aliphatic heterocycles. The van der Waals surface area contributed by atoms with Crippen molar-refractivity contribution in [2.75, 3.05) is 0 Å². The fourth-order valence-electron chi connectivity index (χ4n) is 4.34. The average Bonchev–Trinajstić information content (AvgIpc) is 3.70. The maximum atomic E-state index is 11.7. The summed E-state index contributed by atoms with van der Waals surface area (Å²) in [7, 11) is 0. The van der Waals surface area contributed by atoms with Crippen molar-refractivity contribution in [2.24, 2.45) is 0 Å². The first-order valence-corrected chi connectivity index (χ1v) is 13.4. The van der Waals surface area contributed by atoms with E-state index in [1.54, 1.807) is 42.5 Å². The molecule has 1 N–H and O–H groups in total. The first kappa shape index (κ1) is 26.1. The van der Waals surface area contributed by atoms with Crippen molar-refractivity contribution in [3.63, 3.8) is 0 Å². The smallest absolute Gasteiger partial charge is 0.338 e. The summed E-state index contributed by atoms with van der Waals surface area (Å²) in [6.07, 6.45) is 5.00. The molecule has 1 aliphatic carbocycles. The van der Waals surface area contributed by atoms with Gasteiger partial charge in [0.1, 0.15) is 29.3 Å². The van der Waals surface area contributed by atoms with Gasteiger partial charge in [-0.05, 0) is 49.2 Å². The number of halogens is 3. The van der Waals surface area contributed by atoms with Crippen molar-refractivity contribution < 1.29 is 19.2 Å². The van der Waals surface area contributed by atoms with E-state index in [1.165, 1.54) is 18.5 Å². The molecule has 0 radical (unpaired) electrons. The Kier molecular flexibility index (Phi) is 7.07. The molecule has 7 nitrogen and oxygen atoms in total. The van der Waals surface area contributed by atoms with E-state index in [1.807, 2.05) is 0 Å². The Morgan fingerprint density at radius 2 is 1.77 bits per heavy atom. The van der Waals surface area contributed by atoms with Crippen molar-refractivity contribution in [3.05, 3.63) is 104 Å². The van der Waals surface area contributed by atoms with E-state index >= 15 is 0 Å². The fourth-order valence-corrected chi connectivity index (χ4v) is 5.13. The Hall–Kier alpha value is -4.09. The van der Waals surface area contributed by atoms with E-state index < -0.39 is 5.97 Å². The van der Waals surface area contributed by atoms with Crippen LogP contribution in [0, 0.1) is 11.8 Å². The Labute approximate surface area is 243 Å². The summed E-state index contributed by atoms with van der Waals surface area (Å²) in [6.45, 7) is 0.184. The zero-order valence-electron chi connectivity index (χ0n) is 20.6. The second kappa shape index (κ2) is 10.8. The number of benzene rings is 3. The van der Waals surface area contributed by atoms with Crippen molar-refractivity contribution in [1.82, 2.24) is 15.1 Å². The zero-order chi connectivity index (χ0) is 27.8. The lowest BCUT2D eigenvalue weighted by molar-refractivity contribution is 0.0698. The molecule has 2 aromatic heterocycles. The molecule has 2 heterocycles. The van der Waals surface area contributed by atoms with E-state index in [4.69, 9.17) is 44.1 Å². The van der Waals surface area contributed by atoms with Crippen LogP contribution >= 0.6 is 34.8 Å². The number of hydrogen-bond donors (Lipinski definition) is 1. The number of rotatable bonds is 6. The van der Waals surface area contributed by atoms with Gasteiger partial charge in [-0.25, -0.2) is 4.79 Å². The molecular weight excluding hydrogens is 573 g/mol. The molecule has 10 heteroatoms. The van der Waals surface area contributed by atoms with Gasteiger partial charge in [-0.15, -0.1) is 0 Å². The summed E-state index contributed by atoms with van der Waals surface area (Å²) < 4.78 is 11.8. The second-order valence-corrected chi connectivity index (χ2v) is 10.4. The normalized spacial score (nSPS) is 12.7. The van der Waals surface area contributed by atoms with Crippen LogP contribution in [0.25, 0.3) is 22.3 Å². The van der Waals surface area contributed by atoms with Crippen molar-refractivity contribution in [1.29, 1.82) is 0 Å². The van der Waals surface area contributed by atoms with E-state index in [-0.39, 0.29) is 12.2 Å². The van der Waals surface area contributed by atoms with Crippen LogP contribution in [-0.2, 0) is 6.61 Å². The highest BCUT2D eigenvalue weighted by Crippen LogP contribution is 2.46. The summed E-state index contributed by atoms with van der Waals surface area (Å²) in [6, 6.07) is 13.6. The van der Waals surface area contributed by atoms with Gasteiger partial charge in [-0.1, -0.05) is 57.9 Å². The van der Waals surface area contributed by atoms with Gasteiger partial charge in [-0.2, -0.15) is 0 Å². The number of carbonyl (C=O) groups is 1. The summed E-state index contributed by atoms with van der Waals surface area (Å²) >= 11 is 19.4. The fraction of sp³-hybridized carbons (Fsp3) is 0.133. The Morgan fingerprint density at radius 3 is 2.50 bits per heavy atom. The van der Waals surface area contributed by atoms with Crippen molar-refractivity contribution in [2.45, 2.75) is 25.4 Å². The van der Waals surface area contributed by atoms with E-state index in [0.717, 1.165) is 24.2 Å². The van der Waals surface area contributed by atoms with Crippen LogP contribution in [0.2, 0.25) is 15.1 Å². The largest absolute Gasteiger partial charge is 0.489 e. The van der Waals surface area contributed by atoms with Gasteiger partial charge in [0, 0.05) is 41.1 Å². The molecule has 1 saturated carbocycles. The highest BCUT2D eigenvalue weighted by Gasteiger charge is 2.33. The molecule has 1 fully saturated rings. The molecule has 0 atom stereocenters. The molecule has 40 heavy (non-hydrogen) atoms. The van der Waals surface area contributed by atoms with Gasteiger partial charge < -0.3 is 14.4 Å². The summed E-state index contributed by atoms with van der Waals surface area (Å²) in [5, 5.41) is 15.2. The number of ether oxygens (including phenoxy) is 1. The zero-order valence-corrected chi connectivity index (χ0v) is 22.9. The lowest BCUT2D eigenvalue weighted by Crippen LogP contribution is -2.00. The number of carboxylic acids is 1.